The van der Waals surface area contributed by atoms with Crippen molar-refractivity contribution in [3.63, 3.8) is 0 Å². The quantitative estimate of drug-likeness (QED) is 0.701. The maximum atomic E-state index is 11.8. The molecule has 0 radical (unpaired) electrons. The number of hydrogen-bond acceptors (Lipinski definition) is 5. The highest BCUT2D eigenvalue weighted by atomic mass is 16.5. The highest BCUT2D eigenvalue weighted by Crippen LogP contribution is 2.63. The van der Waals surface area contributed by atoms with Crippen LogP contribution in [0.4, 0.5) is 0 Å². The second-order valence-corrected chi connectivity index (χ2v) is 9.61. The molecule has 2 bridgehead atoms. The topological polar surface area (TPSA) is 59.0 Å². The average molecular weight is 368 g/mol. The van der Waals surface area contributed by atoms with E-state index in [2.05, 4.69) is 25.7 Å². The van der Waals surface area contributed by atoms with Crippen molar-refractivity contribution >= 4 is 5.97 Å². The van der Waals surface area contributed by atoms with E-state index < -0.39 is 6.10 Å². The van der Waals surface area contributed by atoms with E-state index in [4.69, 9.17) is 9.47 Å². The molecule has 3 fully saturated rings. The molecule has 150 valence electrons. The molecule has 5 nitrogen and oxygen atoms in total. The van der Waals surface area contributed by atoms with Crippen molar-refractivity contribution in [1.29, 1.82) is 0 Å². The van der Waals surface area contributed by atoms with Gasteiger partial charge in [-0.15, -0.1) is 0 Å². The van der Waals surface area contributed by atoms with Gasteiger partial charge in [0, 0.05) is 6.54 Å². The Bertz CT molecular complexity index is 495. The molecule has 1 N–H and O–H groups in total. The summed E-state index contributed by atoms with van der Waals surface area (Å²) in [5.41, 5.74) is 0.497. The Morgan fingerprint density at radius 2 is 1.92 bits per heavy atom. The summed E-state index contributed by atoms with van der Waals surface area (Å²) in [5.74, 6) is 0.716. The standard InChI is InChI=1S/C21H37NO4/c1-5-25-18(24)15-7-10-22(11-8-15)13-17(23)14-26-19-20(2,3)16-6-9-21(19,4)12-16/h15-17,19,23H,5-14H2,1-4H3/t16-,17-,19+,21+/m0/s1. The number of rotatable bonds is 7. The molecule has 1 aliphatic heterocycles. The first-order chi connectivity index (χ1) is 12.3. The van der Waals surface area contributed by atoms with Crippen LogP contribution in [0.5, 0.6) is 0 Å². The minimum absolute atomic E-state index is 0.0226. The summed E-state index contributed by atoms with van der Waals surface area (Å²) < 4.78 is 11.4. The molecular formula is C21H37NO4. The highest BCUT2D eigenvalue weighted by Gasteiger charge is 2.60. The Balaban J connectivity index is 1.41. The van der Waals surface area contributed by atoms with Gasteiger partial charge in [-0.2, -0.15) is 0 Å². The fourth-order valence-corrected chi connectivity index (χ4v) is 5.84. The minimum Gasteiger partial charge on any atom is -0.466 e. The summed E-state index contributed by atoms with van der Waals surface area (Å²) >= 11 is 0. The van der Waals surface area contributed by atoms with Crippen molar-refractivity contribution in [2.24, 2.45) is 22.7 Å². The number of nitrogens with zero attached hydrogens (tertiary/aromatic N) is 1. The van der Waals surface area contributed by atoms with E-state index >= 15 is 0 Å². The Kier molecular flexibility index (Phi) is 6.00. The van der Waals surface area contributed by atoms with Gasteiger partial charge in [0.15, 0.2) is 0 Å². The molecule has 1 heterocycles. The maximum absolute atomic E-state index is 11.8. The van der Waals surface area contributed by atoms with Gasteiger partial charge in [-0.05, 0) is 68.9 Å². The lowest BCUT2D eigenvalue weighted by atomic mass is 9.70. The van der Waals surface area contributed by atoms with Crippen molar-refractivity contribution in [3.05, 3.63) is 0 Å². The molecule has 3 rings (SSSR count). The Hall–Kier alpha value is -0.650. The lowest BCUT2D eigenvalue weighted by molar-refractivity contribution is -0.149. The number of piperidine rings is 1. The van der Waals surface area contributed by atoms with Crippen LogP contribution >= 0.6 is 0 Å². The van der Waals surface area contributed by atoms with Gasteiger partial charge in [-0.1, -0.05) is 20.8 Å². The highest BCUT2D eigenvalue weighted by molar-refractivity contribution is 5.72. The molecule has 0 aromatic heterocycles. The third-order valence-corrected chi connectivity index (χ3v) is 7.27. The number of carbonyl (C=O) groups excluding carboxylic acids is 1. The van der Waals surface area contributed by atoms with Crippen LogP contribution in [0.15, 0.2) is 0 Å². The number of ether oxygens (including phenoxy) is 2. The van der Waals surface area contributed by atoms with Gasteiger partial charge in [-0.25, -0.2) is 0 Å². The van der Waals surface area contributed by atoms with Crippen LogP contribution in [0, 0.1) is 22.7 Å². The number of aliphatic hydroxyl groups is 1. The number of carbonyl (C=O) groups is 1. The van der Waals surface area contributed by atoms with E-state index in [0.29, 0.717) is 19.8 Å². The molecule has 2 saturated carbocycles. The first-order valence-electron chi connectivity index (χ1n) is 10.4. The van der Waals surface area contributed by atoms with Crippen LogP contribution in [-0.2, 0) is 14.3 Å². The van der Waals surface area contributed by atoms with Crippen LogP contribution in [-0.4, -0.2) is 61.0 Å². The zero-order valence-electron chi connectivity index (χ0n) is 17.0. The Morgan fingerprint density at radius 3 is 2.50 bits per heavy atom. The molecular weight excluding hydrogens is 330 g/mol. The zero-order valence-corrected chi connectivity index (χ0v) is 17.0. The molecule has 0 unspecified atom stereocenters. The number of likely N-dealkylation sites (tertiary alicyclic amines) is 1. The molecule has 26 heavy (non-hydrogen) atoms. The van der Waals surface area contributed by atoms with Crippen molar-refractivity contribution < 1.29 is 19.4 Å². The van der Waals surface area contributed by atoms with E-state index in [1.165, 1.54) is 19.3 Å². The van der Waals surface area contributed by atoms with Crippen LogP contribution in [0.2, 0.25) is 0 Å². The van der Waals surface area contributed by atoms with E-state index in [9.17, 15) is 9.90 Å². The predicted octanol–water partition coefficient (Wildman–Crippen LogP) is 2.85. The largest absolute Gasteiger partial charge is 0.466 e. The molecule has 0 aromatic rings. The van der Waals surface area contributed by atoms with Gasteiger partial charge >= 0.3 is 5.97 Å². The lowest BCUT2D eigenvalue weighted by Gasteiger charge is -2.42. The third-order valence-electron chi connectivity index (χ3n) is 7.27. The van der Waals surface area contributed by atoms with E-state index in [1.807, 2.05) is 6.92 Å². The summed E-state index contributed by atoms with van der Waals surface area (Å²) in [4.78, 5) is 14.1. The first-order valence-corrected chi connectivity index (χ1v) is 10.4. The summed E-state index contributed by atoms with van der Waals surface area (Å²) in [6.45, 7) is 12.0. The molecule has 0 amide bonds. The Morgan fingerprint density at radius 1 is 1.23 bits per heavy atom. The van der Waals surface area contributed by atoms with Crippen molar-refractivity contribution in [3.8, 4) is 0 Å². The van der Waals surface area contributed by atoms with Gasteiger partial charge in [0.1, 0.15) is 0 Å². The second kappa shape index (κ2) is 7.76. The maximum Gasteiger partial charge on any atom is 0.309 e. The first kappa shape index (κ1) is 20.1. The summed E-state index contributed by atoms with van der Waals surface area (Å²) in [5, 5.41) is 10.5. The van der Waals surface area contributed by atoms with Crippen molar-refractivity contribution in [2.45, 2.75) is 72.0 Å². The van der Waals surface area contributed by atoms with Gasteiger partial charge < -0.3 is 19.5 Å². The van der Waals surface area contributed by atoms with Crippen molar-refractivity contribution in [1.82, 2.24) is 4.90 Å². The smallest absolute Gasteiger partial charge is 0.309 e. The molecule has 0 spiro atoms. The van der Waals surface area contributed by atoms with Crippen LogP contribution < -0.4 is 0 Å². The SMILES string of the molecule is CCOC(=O)C1CCN(C[C@H](O)CO[C@@H]2C(C)(C)[C@H]3CC[C@]2(C)C3)CC1. The molecule has 5 heteroatoms. The summed E-state index contributed by atoms with van der Waals surface area (Å²) in [6, 6.07) is 0. The molecule has 0 aromatic carbocycles. The van der Waals surface area contributed by atoms with Gasteiger partial charge in [-0.3, -0.25) is 4.79 Å². The van der Waals surface area contributed by atoms with E-state index in [1.54, 1.807) is 0 Å². The van der Waals surface area contributed by atoms with Crippen LogP contribution in [0.3, 0.4) is 0 Å². The number of esters is 1. The number of β-amino-alcohol motifs (C(OH)–C–C–N with tert-alkyl or cyclic N) is 1. The average Bonchev–Trinajstić information content (AvgIpc) is 3.06. The lowest BCUT2D eigenvalue weighted by Crippen LogP contribution is -2.46. The molecule has 1 saturated heterocycles. The fraction of sp³-hybridized carbons (Fsp3) is 0.952. The number of hydrogen-bond donors (Lipinski definition) is 1. The normalized spacial score (nSPS) is 35.6. The monoisotopic (exact) mass is 367 g/mol. The summed E-state index contributed by atoms with van der Waals surface area (Å²) in [7, 11) is 0. The van der Waals surface area contributed by atoms with E-state index in [-0.39, 0.29) is 28.8 Å². The third kappa shape index (κ3) is 3.95. The van der Waals surface area contributed by atoms with Crippen molar-refractivity contribution in [2.75, 3.05) is 32.8 Å². The minimum atomic E-state index is -0.465. The van der Waals surface area contributed by atoms with Crippen LogP contribution in [0.25, 0.3) is 0 Å². The molecule has 2 aliphatic carbocycles. The number of aliphatic hydroxyl groups excluding tert-OH is 1. The summed E-state index contributed by atoms with van der Waals surface area (Å²) in [6.07, 6.45) is 5.27. The zero-order chi connectivity index (χ0) is 18.9. The van der Waals surface area contributed by atoms with Gasteiger partial charge in [0.05, 0.1) is 31.3 Å². The van der Waals surface area contributed by atoms with E-state index in [0.717, 1.165) is 31.8 Å². The van der Waals surface area contributed by atoms with Gasteiger partial charge in [0.2, 0.25) is 0 Å². The van der Waals surface area contributed by atoms with Crippen LogP contribution in [0.1, 0.15) is 59.8 Å². The molecule has 3 aliphatic rings. The van der Waals surface area contributed by atoms with Gasteiger partial charge in [0.25, 0.3) is 0 Å². The fourth-order valence-electron chi connectivity index (χ4n) is 5.84. The number of fused-ring (bicyclic) bond motifs is 2. The predicted molar refractivity (Wildman–Crippen MR) is 101 cm³/mol. The second-order valence-electron chi connectivity index (χ2n) is 9.61. The Labute approximate surface area is 158 Å². The molecule has 4 atom stereocenters.